The highest BCUT2D eigenvalue weighted by Gasteiger charge is 2.22. The summed E-state index contributed by atoms with van der Waals surface area (Å²) in [5.74, 6) is -2.36. The van der Waals surface area contributed by atoms with Crippen LogP contribution in [0.1, 0.15) is 13.3 Å². The van der Waals surface area contributed by atoms with Crippen molar-refractivity contribution in [2.45, 2.75) is 19.4 Å². The number of hydrogen-bond donors (Lipinski definition) is 1. The van der Waals surface area contributed by atoms with Gasteiger partial charge < -0.3 is 5.32 Å². The van der Waals surface area contributed by atoms with Crippen molar-refractivity contribution in [3.8, 4) is 0 Å². The highest BCUT2D eigenvalue weighted by atomic mass is 19.2. The third-order valence-corrected chi connectivity index (χ3v) is 2.18. The third kappa shape index (κ3) is 2.99. The second-order valence-electron chi connectivity index (χ2n) is 3.58. The van der Waals surface area contributed by atoms with E-state index in [1.165, 1.54) is 0 Å². The zero-order valence-corrected chi connectivity index (χ0v) is 9.24. The van der Waals surface area contributed by atoms with E-state index in [0.29, 0.717) is 6.42 Å². The van der Waals surface area contributed by atoms with E-state index < -0.39 is 27.9 Å². The summed E-state index contributed by atoms with van der Waals surface area (Å²) in [5, 5.41) is 13.3. The molecule has 0 saturated carbocycles. The van der Waals surface area contributed by atoms with Crippen molar-refractivity contribution >= 4 is 11.4 Å². The van der Waals surface area contributed by atoms with Gasteiger partial charge in [-0.15, -0.1) is 6.58 Å². The van der Waals surface area contributed by atoms with Crippen LogP contribution in [0.5, 0.6) is 0 Å². The van der Waals surface area contributed by atoms with Crippen LogP contribution < -0.4 is 5.32 Å². The van der Waals surface area contributed by atoms with Crippen molar-refractivity contribution in [3.63, 3.8) is 0 Å². The fourth-order valence-electron chi connectivity index (χ4n) is 1.39. The monoisotopic (exact) mass is 242 g/mol. The number of nitro groups is 1. The van der Waals surface area contributed by atoms with Crippen LogP contribution in [0.25, 0.3) is 0 Å². The summed E-state index contributed by atoms with van der Waals surface area (Å²) in [6.07, 6.45) is 2.06. The zero-order chi connectivity index (χ0) is 13.0. The first-order valence-electron chi connectivity index (χ1n) is 4.97. The quantitative estimate of drug-likeness (QED) is 0.490. The van der Waals surface area contributed by atoms with Crippen LogP contribution in [0.4, 0.5) is 20.2 Å². The lowest BCUT2D eigenvalue weighted by Crippen LogP contribution is -2.16. The van der Waals surface area contributed by atoms with Crippen LogP contribution in [0.2, 0.25) is 0 Å². The van der Waals surface area contributed by atoms with E-state index in [1.807, 2.05) is 0 Å². The molecule has 0 aliphatic carbocycles. The van der Waals surface area contributed by atoms with E-state index in [-0.39, 0.29) is 6.04 Å². The fraction of sp³-hybridized carbons (Fsp3) is 0.273. The summed E-state index contributed by atoms with van der Waals surface area (Å²) < 4.78 is 26.5. The summed E-state index contributed by atoms with van der Waals surface area (Å²) in [6, 6.07) is 1.39. The molecule has 0 fully saturated rings. The molecule has 0 spiro atoms. The Bertz CT molecular complexity index is 449. The summed E-state index contributed by atoms with van der Waals surface area (Å²) in [5.41, 5.74) is -0.913. The number of nitro benzene ring substituents is 1. The van der Waals surface area contributed by atoms with Crippen molar-refractivity contribution in [1.29, 1.82) is 0 Å². The first-order chi connectivity index (χ1) is 7.97. The highest BCUT2D eigenvalue weighted by molar-refractivity contribution is 5.63. The summed E-state index contributed by atoms with van der Waals surface area (Å²) in [7, 11) is 0. The van der Waals surface area contributed by atoms with Crippen LogP contribution >= 0.6 is 0 Å². The van der Waals surface area contributed by atoms with Crippen LogP contribution in [-0.2, 0) is 0 Å². The van der Waals surface area contributed by atoms with Gasteiger partial charge >= 0.3 is 0 Å². The number of rotatable bonds is 5. The maximum Gasteiger partial charge on any atom is 0.295 e. The predicted molar refractivity (Wildman–Crippen MR) is 60.9 cm³/mol. The minimum absolute atomic E-state index is 0.275. The molecule has 1 aromatic carbocycles. The van der Waals surface area contributed by atoms with Gasteiger partial charge in [-0.1, -0.05) is 6.08 Å². The van der Waals surface area contributed by atoms with E-state index >= 15 is 0 Å². The van der Waals surface area contributed by atoms with Crippen molar-refractivity contribution in [1.82, 2.24) is 0 Å². The molecule has 0 saturated heterocycles. The van der Waals surface area contributed by atoms with E-state index in [1.54, 1.807) is 13.0 Å². The smallest absolute Gasteiger partial charge is 0.295 e. The molecule has 17 heavy (non-hydrogen) atoms. The number of halogens is 2. The van der Waals surface area contributed by atoms with Gasteiger partial charge in [0.1, 0.15) is 0 Å². The molecule has 1 unspecified atom stereocenters. The molecule has 0 amide bonds. The summed E-state index contributed by atoms with van der Waals surface area (Å²) >= 11 is 0. The van der Waals surface area contributed by atoms with E-state index in [4.69, 9.17) is 0 Å². The molecule has 0 radical (unpaired) electrons. The standard InChI is InChI=1S/C11H12F2N2O2/c1-3-4-7(2)14-11-9(15(16)17)6-5-8(12)10(11)13/h3,5-7,14H,1,4H2,2H3. The van der Waals surface area contributed by atoms with Crippen LogP contribution in [0.3, 0.4) is 0 Å². The molecule has 0 aliphatic rings. The molecule has 6 heteroatoms. The SMILES string of the molecule is C=CCC(C)Nc1c([N+](=O)[O-])ccc(F)c1F. The minimum Gasteiger partial charge on any atom is -0.374 e. The maximum atomic E-state index is 13.5. The number of hydrogen-bond acceptors (Lipinski definition) is 3. The van der Waals surface area contributed by atoms with E-state index in [0.717, 1.165) is 12.1 Å². The normalized spacial score (nSPS) is 11.9. The Morgan fingerprint density at radius 1 is 1.59 bits per heavy atom. The minimum atomic E-state index is -1.24. The number of benzene rings is 1. The largest absolute Gasteiger partial charge is 0.374 e. The average Bonchev–Trinajstić information content (AvgIpc) is 2.25. The molecule has 0 aliphatic heterocycles. The molecule has 1 aromatic rings. The van der Waals surface area contributed by atoms with Crippen LogP contribution in [0.15, 0.2) is 24.8 Å². The Morgan fingerprint density at radius 2 is 2.24 bits per heavy atom. The molecule has 92 valence electrons. The van der Waals surface area contributed by atoms with Gasteiger partial charge in [0, 0.05) is 12.1 Å². The molecule has 1 atom stereocenters. The van der Waals surface area contributed by atoms with Crippen molar-refractivity contribution < 1.29 is 13.7 Å². The summed E-state index contributed by atoms with van der Waals surface area (Å²) in [6.45, 7) is 5.19. The Morgan fingerprint density at radius 3 is 2.76 bits per heavy atom. The van der Waals surface area contributed by atoms with Crippen LogP contribution in [0, 0.1) is 21.7 Å². The molecular weight excluding hydrogens is 230 g/mol. The average molecular weight is 242 g/mol. The van der Waals surface area contributed by atoms with Gasteiger partial charge in [0.25, 0.3) is 5.69 Å². The lowest BCUT2D eigenvalue weighted by atomic mass is 10.2. The van der Waals surface area contributed by atoms with Gasteiger partial charge in [0.15, 0.2) is 17.3 Å². The Balaban J connectivity index is 3.14. The first-order valence-corrected chi connectivity index (χ1v) is 4.97. The molecule has 4 nitrogen and oxygen atoms in total. The predicted octanol–water partition coefficient (Wildman–Crippen LogP) is 3.25. The van der Waals surface area contributed by atoms with Gasteiger partial charge in [-0.3, -0.25) is 10.1 Å². The van der Waals surface area contributed by atoms with Crippen molar-refractivity contribution in [2.75, 3.05) is 5.32 Å². The number of nitrogens with one attached hydrogen (secondary N) is 1. The molecular formula is C11H12F2N2O2. The fourth-order valence-corrected chi connectivity index (χ4v) is 1.39. The van der Waals surface area contributed by atoms with Crippen molar-refractivity contribution in [3.05, 3.63) is 46.5 Å². The van der Waals surface area contributed by atoms with E-state index in [2.05, 4.69) is 11.9 Å². The zero-order valence-electron chi connectivity index (χ0n) is 9.24. The topological polar surface area (TPSA) is 55.2 Å². The third-order valence-electron chi connectivity index (χ3n) is 2.18. The Kier molecular flexibility index (Phi) is 4.14. The highest BCUT2D eigenvalue weighted by Crippen LogP contribution is 2.29. The number of anilines is 1. The second kappa shape index (κ2) is 5.38. The Hall–Kier alpha value is -1.98. The Labute approximate surface area is 97.1 Å². The van der Waals surface area contributed by atoms with Crippen LogP contribution in [-0.4, -0.2) is 11.0 Å². The van der Waals surface area contributed by atoms with Gasteiger partial charge in [0.05, 0.1) is 4.92 Å². The number of nitrogens with zero attached hydrogens (tertiary/aromatic N) is 1. The van der Waals surface area contributed by atoms with Gasteiger partial charge in [-0.2, -0.15) is 0 Å². The van der Waals surface area contributed by atoms with Crippen molar-refractivity contribution in [2.24, 2.45) is 0 Å². The summed E-state index contributed by atoms with van der Waals surface area (Å²) in [4.78, 5) is 9.92. The first kappa shape index (κ1) is 13.1. The molecule has 1 rings (SSSR count). The lowest BCUT2D eigenvalue weighted by molar-refractivity contribution is -0.384. The molecule has 0 heterocycles. The van der Waals surface area contributed by atoms with Gasteiger partial charge in [-0.05, 0) is 19.4 Å². The lowest BCUT2D eigenvalue weighted by Gasteiger charge is -2.14. The molecule has 1 N–H and O–H groups in total. The maximum absolute atomic E-state index is 13.5. The van der Waals surface area contributed by atoms with E-state index in [9.17, 15) is 18.9 Å². The van der Waals surface area contributed by atoms with Gasteiger partial charge in [0.2, 0.25) is 0 Å². The molecule has 0 bridgehead atoms. The second-order valence-corrected chi connectivity index (χ2v) is 3.58. The van der Waals surface area contributed by atoms with Gasteiger partial charge in [-0.25, -0.2) is 8.78 Å². The molecule has 0 aromatic heterocycles.